The molecule has 1 fully saturated rings. The fourth-order valence-electron chi connectivity index (χ4n) is 2.07. The van der Waals surface area contributed by atoms with Crippen LogP contribution in [0.3, 0.4) is 0 Å². The van der Waals surface area contributed by atoms with Gasteiger partial charge in [0.1, 0.15) is 11.9 Å². The van der Waals surface area contributed by atoms with E-state index in [1.165, 1.54) is 6.21 Å². The predicted molar refractivity (Wildman–Crippen MR) is 70.4 cm³/mol. The second-order valence-electron chi connectivity index (χ2n) is 4.21. The van der Waals surface area contributed by atoms with Crippen LogP contribution < -0.4 is 15.4 Å². The van der Waals surface area contributed by atoms with E-state index in [-0.39, 0.29) is 0 Å². The van der Waals surface area contributed by atoms with Crippen molar-refractivity contribution in [2.24, 2.45) is 0 Å². The number of anilines is 1. The zero-order valence-electron chi connectivity index (χ0n) is 10.1. The van der Waals surface area contributed by atoms with Crippen LogP contribution in [0, 0.1) is 5.41 Å². The first-order valence-corrected chi connectivity index (χ1v) is 6.03. The molecule has 17 heavy (non-hydrogen) atoms. The van der Waals surface area contributed by atoms with E-state index in [9.17, 15) is 0 Å². The number of rotatable bonds is 4. The largest absolute Gasteiger partial charge is 0.490 e. The average molecular weight is 233 g/mol. The predicted octanol–water partition coefficient (Wildman–Crippen LogP) is 1.86. The standard InChI is InChI=1S/C13H19N3O/c1-15-13-3-2-12(8-10(13)9-14)17-11-4-6-16-7-5-11/h2-3,8-9,11,14-16H,4-7H2,1H3. The molecular weight excluding hydrogens is 214 g/mol. The first kappa shape index (κ1) is 11.9. The number of nitrogens with one attached hydrogen (secondary N) is 3. The van der Waals surface area contributed by atoms with E-state index in [2.05, 4.69) is 10.6 Å². The van der Waals surface area contributed by atoms with Crippen LogP contribution in [-0.4, -0.2) is 32.5 Å². The molecule has 0 atom stereocenters. The first-order chi connectivity index (χ1) is 8.33. The summed E-state index contributed by atoms with van der Waals surface area (Å²) in [5.41, 5.74) is 1.82. The lowest BCUT2D eigenvalue weighted by Gasteiger charge is -2.24. The smallest absolute Gasteiger partial charge is 0.120 e. The summed E-state index contributed by atoms with van der Waals surface area (Å²) in [4.78, 5) is 0. The minimum absolute atomic E-state index is 0.301. The van der Waals surface area contributed by atoms with Crippen molar-refractivity contribution in [2.75, 3.05) is 25.5 Å². The van der Waals surface area contributed by atoms with Crippen molar-refractivity contribution < 1.29 is 4.74 Å². The van der Waals surface area contributed by atoms with Crippen molar-refractivity contribution in [3.63, 3.8) is 0 Å². The molecule has 0 radical (unpaired) electrons. The maximum absolute atomic E-state index is 7.37. The second kappa shape index (κ2) is 5.68. The summed E-state index contributed by atoms with van der Waals surface area (Å²) in [5, 5.41) is 13.7. The third kappa shape index (κ3) is 2.97. The Hall–Kier alpha value is -1.55. The van der Waals surface area contributed by atoms with Crippen molar-refractivity contribution in [3.05, 3.63) is 23.8 Å². The molecule has 0 amide bonds. The van der Waals surface area contributed by atoms with Crippen molar-refractivity contribution in [1.82, 2.24) is 5.32 Å². The summed E-state index contributed by atoms with van der Waals surface area (Å²) in [7, 11) is 1.86. The molecule has 1 heterocycles. The molecule has 0 unspecified atom stereocenters. The molecule has 1 aromatic carbocycles. The van der Waals surface area contributed by atoms with Gasteiger partial charge in [0, 0.05) is 24.5 Å². The van der Waals surface area contributed by atoms with Crippen LogP contribution >= 0.6 is 0 Å². The van der Waals surface area contributed by atoms with E-state index in [1.807, 2.05) is 25.2 Å². The van der Waals surface area contributed by atoms with Crippen molar-refractivity contribution >= 4 is 11.9 Å². The zero-order valence-corrected chi connectivity index (χ0v) is 10.1. The number of hydrogen-bond acceptors (Lipinski definition) is 4. The van der Waals surface area contributed by atoms with E-state index in [0.717, 1.165) is 42.9 Å². The molecule has 1 aliphatic heterocycles. The fraction of sp³-hybridized carbons (Fsp3) is 0.462. The van der Waals surface area contributed by atoms with Crippen LogP contribution in [0.2, 0.25) is 0 Å². The molecule has 0 bridgehead atoms. The molecule has 1 saturated heterocycles. The van der Waals surface area contributed by atoms with E-state index in [1.54, 1.807) is 0 Å². The molecule has 1 aliphatic rings. The lowest BCUT2D eigenvalue weighted by Crippen LogP contribution is -2.34. The molecule has 2 rings (SSSR count). The Labute approximate surface area is 102 Å². The third-order valence-corrected chi connectivity index (χ3v) is 3.04. The van der Waals surface area contributed by atoms with Gasteiger partial charge in [-0.3, -0.25) is 0 Å². The summed E-state index contributed by atoms with van der Waals surface area (Å²) >= 11 is 0. The highest BCUT2D eigenvalue weighted by atomic mass is 16.5. The molecule has 0 aromatic heterocycles. The summed E-state index contributed by atoms with van der Waals surface area (Å²) in [6, 6.07) is 5.83. The third-order valence-electron chi connectivity index (χ3n) is 3.04. The van der Waals surface area contributed by atoms with Gasteiger partial charge in [0.25, 0.3) is 0 Å². The lowest BCUT2D eigenvalue weighted by molar-refractivity contribution is 0.162. The van der Waals surface area contributed by atoms with Crippen molar-refractivity contribution in [2.45, 2.75) is 18.9 Å². The summed E-state index contributed by atoms with van der Waals surface area (Å²) < 4.78 is 5.93. The Morgan fingerprint density at radius 2 is 2.18 bits per heavy atom. The van der Waals surface area contributed by atoms with Gasteiger partial charge in [0.05, 0.1) is 0 Å². The topological polar surface area (TPSA) is 57.1 Å². The maximum Gasteiger partial charge on any atom is 0.120 e. The quantitative estimate of drug-likeness (QED) is 0.696. The van der Waals surface area contributed by atoms with Gasteiger partial charge in [-0.15, -0.1) is 0 Å². The molecule has 0 spiro atoms. The minimum atomic E-state index is 0.301. The van der Waals surface area contributed by atoms with Gasteiger partial charge in [0.15, 0.2) is 0 Å². The zero-order chi connectivity index (χ0) is 12.1. The van der Waals surface area contributed by atoms with Crippen LogP contribution in [0.25, 0.3) is 0 Å². The van der Waals surface area contributed by atoms with E-state index in [0.29, 0.717) is 6.10 Å². The monoisotopic (exact) mass is 233 g/mol. The number of hydrogen-bond donors (Lipinski definition) is 3. The second-order valence-corrected chi connectivity index (χ2v) is 4.21. The van der Waals surface area contributed by atoms with Crippen molar-refractivity contribution in [1.29, 1.82) is 5.41 Å². The normalized spacial score (nSPS) is 16.5. The van der Waals surface area contributed by atoms with Crippen LogP contribution in [0.4, 0.5) is 5.69 Å². The lowest BCUT2D eigenvalue weighted by atomic mass is 10.1. The van der Waals surface area contributed by atoms with Crippen LogP contribution in [0.5, 0.6) is 5.75 Å². The highest BCUT2D eigenvalue weighted by molar-refractivity contribution is 5.86. The molecule has 0 aliphatic carbocycles. The van der Waals surface area contributed by atoms with Gasteiger partial charge in [-0.1, -0.05) is 0 Å². The molecule has 92 valence electrons. The Morgan fingerprint density at radius 1 is 1.41 bits per heavy atom. The highest BCUT2D eigenvalue weighted by Gasteiger charge is 2.14. The Morgan fingerprint density at radius 3 is 2.82 bits per heavy atom. The molecule has 4 heteroatoms. The van der Waals surface area contributed by atoms with E-state index in [4.69, 9.17) is 10.1 Å². The van der Waals surface area contributed by atoms with Gasteiger partial charge in [0.2, 0.25) is 0 Å². The number of ether oxygens (including phenoxy) is 1. The SMILES string of the molecule is CNc1ccc(OC2CCNCC2)cc1C=N. The average Bonchev–Trinajstić information content (AvgIpc) is 2.40. The van der Waals surface area contributed by atoms with Crippen LogP contribution in [-0.2, 0) is 0 Å². The molecule has 0 saturated carbocycles. The highest BCUT2D eigenvalue weighted by Crippen LogP contribution is 2.22. The van der Waals surface area contributed by atoms with Gasteiger partial charge in [-0.05, 0) is 44.1 Å². The van der Waals surface area contributed by atoms with Crippen LogP contribution in [0.15, 0.2) is 18.2 Å². The Kier molecular flexibility index (Phi) is 3.98. The van der Waals surface area contributed by atoms with Gasteiger partial charge < -0.3 is 20.8 Å². The Bertz CT molecular complexity index is 386. The number of benzene rings is 1. The fourth-order valence-corrected chi connectivity index (χ4v) is 2.07. The number of piperidine rings is 1. The van der Waals surface area contributed by atoms with E-state index < -0.39 is 0 Å². The van der Waals surface area contributed by atoms with E-state index >= 15 is 0 Å². The first-order valence-electron chi connectivity index (χ1n) is 6.03. The molecule has 1 aromatic rings. The van der Waals surface area contributed by atoms with Gasteiger partial charge in [-0.2, -0.15) is 0 Å². The van der Waals surface area contributed by atoms with Gasteiger partial charge >= 0.3 is 0 Å². The Balaban J connectivity index is 2.07. The summed E-state index contributed by atoms with van der Waals surface area (Å²) in [6.07, 6.45) is 3.75. The van der Waals surface area contributed by atoms with Crippen LogP contribution in [0.1, 0.15) is 18.4 Å². The summed E-state index contributed by atoms with van der Waals surface area (Å²) in [5.74, 6) is 0.856. The van der Waals surface area contributed by atoms with Gasteiger partial charge in [-0.25, -0.2) is 0 Å². The molecule has 3 N–H and O–H groups in total. The minimum Gasteiger partial charge on any atom is -0.490 e. The van der Waals surface area contributed by atoms with Crippen molar-refractivity contribution in [3.8, 4) is 5.75 Å². The summed E-state index contributed by atoms with van der Waals surface area (Å²) in [6.45, 7) is 2.05. The maximum atomic E-state index is 7.37. The molecular formula is C13H19N3O. The molecule has 4 nitrogen and oxygen atoms in total.